The summed E-state index contributed by atoms with van der Waals surface area (Å²) < 4.78 is 57.9. The van der Waals surface area contributed by atoms with Crippen molar-refractivity contribution in [3.8, 4) is 23.0 Å². The van der Waals surface area contributed by atoms with Gasteiger partial charge in [0.25, 0.3) is 23.6 Å². The number of amidine groups is 3. The highest BCUT2D eigenvalue weighted by Gasteiger charge is 2.33. The molecule has 0 bridgehead atoms. The van der Waals surface area contributed by atoms with E-state index in [4.69, 9.17) is 76.8 Å². The van der Waals surface area contributed by atoms with Gasteiger partial charge in [0.15, 0.2) is 23.1 Å². The van der Waals surface area contributed by atoms with E-state index in [0.29, 0.717) is 133 Å². The van der Waals surface area contributed by atoms with Crippen molar-refractivity contribution < 1.29 is 70.5 Å². The highest BCUT2D eigenvalue weighted by Crippen LogP contribution is 2.31. The van der Waals surface area contributed by atoms with Crippen molar-refractivity contribution in [2.75, 3.05) is 88.9 Å². The van der Waals surface area contributed by atoms with Crippen LogP contribution in [0.3, 0.4) is 0 Å². The van der Waals surface area contributed by atoms with Gasteiger partial charge >= 0.3 is 6.36 Å². The molecule has 668 valence electrons. The normalized spacial score (nSPS) is 12.2. The number of hydrogen-bond donors (Lipinski definition) is 7. The van der Waals surface area contributed by atoms with Gasteiger partial charge in [-0.15, -0.1) is 13.2 Å². The van der Waals surface area contributed by atoms with E-state index in [2.05, 4.69) is 50.9 Å². The Hall–Kier alpha value is -14.9. The number of carbonyl (C=O) groups is 8. The number of likely N-dealkylation sites (tertiary alicyclic amines) is 1. The molecule has 8 aromatic carbocycles. The van der Waals surface area contributed by atoms with Crippen molar-refractivity contribution in [3.05, 3.63) is 352 Å². The molecule has 12 aromatic rings. The number of Topliss-reactive ketones (excluding diaryl/α,β-unsaturated/α-hetero) is 4. The maximum Gasteiger partial charge on any atom is 0.573 e. The highest BCUT2D eigenvalue weighted by atomic mass is 35.5. The first kappa shape index (κ1) is 95.3. The van der Waals surface area contributed by atoms with Crippen molar-refractivity contribution in [2.45, 2.75) is 45.4 Å². The summed E-state index contributed by atoms with van der Waals surface area (Å²) >= 11 is 23.3. The van der Waals surface area contributed by atoms with Crippen LogP contribution in [0.15, 0.2) is 248 Å². The third-order valence-corrected chi connectivity index (χ3v) is 21.5. The number of benzene rings is 8. The Morgan fingerprint density at radius 1 is 0.351 bits per heavy atom. The zero-order valence-corrected chi connectivity index (χ0v) is 74.0. The van der Waals surface area contributed by atoms with E-state index < -0.39 is 29.8 Å². The lowest BCUT2D eigenvalue weighted by atomic mass is 9.97. The predicted octanol–water partition coefficient (Wildman–Crippen LogP) is 18.3. The van der Waals surface area contributed by atoms with E-state index in [-0.39, 0.29) is 71.7 Å². The predicted molar refractivity (Wildman–Crippen MR) is 497 cm³/mol. The third-order valence-electron chi connectivity index (χ3n) is 20.6. The molecular formula is C97H84Cl4F3N15O12. The number of nitrogens with one attached hydrogen (secondary N) is 7. The number of amides is 4. The van der Waals surface area contributed by atoms with Crippen LogP contribution in [0, 0.1) is 16.2 Å². The van der Waals surface area contributed by atoms with Crippen LogP contribution in [0.1, 0.15) is 141 Å². The monoisotopic (exact) mass is 1850 g/mol. The second-order valence-corrected chi connectivity index (χ2v) is 31.3. The van der Waals surface area contributed by atoms with Crippen molar-refractivity contribution >= 4 is 140 Å². The molecule has 0 radical (unpaired) electrons. The summed E-state index contributed by atoms with van der Waals surface area (Å²) in [5.74, 6) is 0.799. The van der Waals surface area contributed by atoms with Gasteiger partial charge in [-0.05, 0) is 138 Å². The molecule has 0 spiro atoms. The fourth-order valence-corrected chi connectivity index (χ4v) is 13.4. The number of pyridine rings is 4. The Kier molecular flexibility index (Phi) is 32.2. The molecule has 0 atom stereocenters. The van der Waals surface area contributed by atoms with Crippen molar-refractivity contribution in [1.82, 2.24) is 34.6 Å². The third kappa shape index (κ3) is 26.9. The van der Waals surface area contributed by atoms with E-state index in [1.807, 2.05) is 33.8 Å². The van der Waals surface area contributed by atoms with Crippen LogP contribution in [0.4, 0.5) is 36.4 Å². The number of methoxy groups -OCH3 is 3. The minimum atomic E-state index is -4.95. The molecule has 34 heteroatoms. The molecule has 7 N–H and O–H groups in total. The number of aromatic nitrogens is 4. The molecule has 3 aliphatic rings. The molecule has 4 aromatic heterocycles. The smallest absolute Gasteiger partial charge is 0.497 e. The van der Waals surface area contributed by atoms with Crippen molar-refractivity contribution in [2.24, 2.45) is 4.99 Å². The van der Waals surface area contributed by atoms with Gasteiger partial charge in [0.05, 0.1) is 41.4 Å². The molecule has 3 fully saturated rings. The first-order chi connectivity index (χ1) is 62.9. The number of rotatable bonds is 28. The van der Waals surface area contributed by atoms with Crippen LogP contribution < -0.4 is 40.2 Å². The number of halogens is 7. The second kappa shape index (κ2) is 44.2. The maximum atomic E-state index is 13.0. The summed E-state index contributed by atoms with van der Waals surface area (Å²) in [7, 11) is 6.28. The molecule has 15 rings (SSSR count). The average Bonchev–Trinajstić information content (AvgIpc) is 1.87. The number of anilines is 4. The van der Waals surface area contributed by atoms with Gasteiger partial charge in [0, 0.05) is 164 Å². The van der Waals surface area contributed by atoms with Gasteiger partial charge in [-0.25, -0.2) is 19.9 Å². The van der Waals surface area contributed by atoms with Crippen LogP contribution in [-0.2, 0) is 25.7 Å². The Balaban J connectivity index is 0.000000158. The van der Waals surface area contributed by atoms with Crippen LogP contribution in [0.25, 0.3) is 0 Å². The zero-order chi connectivity index (χ0) is 93.6. The first-order valence-electron chi connectivity index (χ1n) is 40.5. The largest absolute Gasteiger partial charge is 0.573 e. The van der Waals surface area contributed by atoms with Crippen LogP contribution in [-0.4, -0.2) is 179 Å². The number of alkyl halides is 3. The second-order valence-electron chi connectivity index (χ2n) is 29.6. The molecule has 0 aliphatic carbocycles. The van der Waals surface area contributed by atoms with E-state index in [0.717, 1.165) is 80.2 Å². The fraction of sp³-hybridized carbons (Fsp3) is 0.175. The topological polar surface area (TPSA) is 366 Å². The van der Waals surface area contributed by atoms with E-state index >= 15 is 0 Å². The minimum absolute atomic E-state index is 0.0453. The van der Waals surface area contributed by atoms with Crippen LogP contribution >= 0.6 is 46.4 Å². The molecule has 27 nitrogen and oxygen atoms in total. The molecule has 3 saturated heterocycles. The van der Waals surface area contributed by atoms with Gasteiger partial charge in [-0.2, -0.15) is 0 Å². The van der Waals surface area contributed by atoms with Gasteiger partial charge < -0.3 is 54.9 Å². The van der Waals surface area contributed by atoms with Gasteiger partial charge in [0.2, 0.25) is 0 Å². The van der Waals surface area contributed by atoms with E-state index in [1.54, 1.807) is 183 Å². The minimum Gasteiger partial charge on any atom is -0.497 e. The van der Waals surface area contributed by atoms with Gasteiger partial charge in [-0.1, -0.05) is 168 Å². The van der Waals surface area contributed by atoms with Crippen molar-refractivity contribution in [3.63, 3.8) is 0 Å². The van der Waals surface area contributed by atoms with Crippen molar-refractivity contribution in [1.29, 1.82) is 16.2 Å². The lowest BCUT2D eigenvalue weighted by Crippen LogP contribution is -2.42. The standard InChI is InChI=1S/C25H23ClN4O3.C24H18ClF3N4O3.C24H21ClN4O3.C24H22ClN3O3/c1-33-20-9-7-18(21(14-20)25(32)29-23-10-8-19(26)15-28-23)13-22(31)16-3-5-17(6-4-16)24(27)30-11-2-12-30;25-17-6-8-21(30-13-17)31-23(34)19-12-18(35-24(26,27)28)7-5-16(19)11-20(33)14-1-3-15(4-2-14)22(29)32-9-10-32;1-32-19-8-6-17(20(13-19)24(31)28-22-9-7-18(25)14-27-22)12-21(30)15-2-4-16(5-3-15)23(26)29-10-11-29;1-15(26-2)16-4-6-17(7-5-16)22(29)12-18-8-10-20(31-3)13-21(18)24(30)28-23-11-9-19(25)14-27-23/h3-10,14-15,27H,2,11-13H2,1H3,(H,28,29,32);1-8,12-13,29H,9-11H2,(H,30,31,34);2-9,13-14,26H,10-12H2,1H3,(H,27,28,31);4-11,13-14H,12H2,1-3H3,(H,27,28,30). The summed E-state index contributed by atoms with van der Waals surface area (Å²) in [6.07, 6.45) is 1.70. The molecule has 3 aliphatic heterocycles. The van der Waals surface area contributed by atoms with Crippen LogP contribution in [0.2, 0.25) is 20.1 Å². The summed E-state index contributed by atoms with van der Waals surface area (Å²) in [6.45, 7) is 7.14. The lowest BCUT2D eigenvalue weighted by molar-refractivity contribution is -0.274. The molecule has 4 amide bonds. The summed E-state index contributed by atoms with van der Waals surface area (Å²) in [5.41, 5.74) is 8.80. The number of aliphatic imine (C=N–C) groups is 1. The van der Waals surface area contributed by atoms with E-state index in [1.165, 1.54) is 64.3 Å². The number of ketones is 4. The number of hydrogen-bond acceptors (Lipinski definition) is 20. The molecule has 131 heavy (non-hydrogen) atoms. The highest BCUT2D eigenvalue weighted by molar-refractivity contribution is 6.31. The molecule has 7 heterocycles. The number of nitrogens with zero attached hydrogens (tertiary/aromatic N) is 8. The summed E-state index contributed by atoms with van der Waals surface area (Å²) in [4.78, 5) is 129. The SMILES string of the molecule is CN=C(C)c1ccc(C(=O)Cc2ccc(OC)cc2C(=O)Nc2ccc(Cl)cn2)cc1.COc1ccc(CC(=O)c2ccc(C(=N)N3CC3)cc2)c(C(=O)Nc2ccc(Cl)cn2)c1.COc1ccc(CC(=O)c2ccc(C(=N)N3CCC3)cc2)c(C(=O)Nc2ccc(Cl)cn2)c1.N=C(c1ccc(C(=O)Cc2ccc(OC(F)(F)F)cc2C(=O)Nc2ccc(Cl)cn2)cc1)N1CC1. The van der Waals surface area contributed by atoms with Gasteiger partial charge in [0.1, 0.15) is 63.8 Å². The Bertz CT molecular complexity index is 6290. The van der Waals surface area contributed by atoms with E-state index in [9.17, 15) is 51.5 Å². The van der Waals surface area contributed by atoms with Crippen LogP contribution in [0.5, 0.6) is 23.0 Å². The average molecular weight is 1850 g/mol. The summed E-state index contributed by atoms with van der Waals surface area (Å²) in [5, 5.41) is 36.8. The number of carbonyl (C=O) groups excluding carboxylic acids is 8. The Labute approximate surface area is 770 Å². The molecular weight excluding hydrogens is 1770 g/mol. The fourth-order valence-electron chi connectivity index (χ4n) is 13.0. The Morgan fingerprint density at radius 3 is 0.802 bits per heavy atom. The quantitative estimate of drug-likeness (QED) is 0.0104. The zero-order valence-electron chi connectivity index (χ0n) is 71.0. The number of ether oxygens (including phenoxy) is 4. The lowest BCUT2D eigenvalue weighted by Gasteiger charge is -2.33. The first-order valence-corrected chi connectivity index (χ1v) is 42.0. The Morgan fingerprint density at radius 2 is 0.588 bits per heavy atom. The summed E-state index contributed by atoms with van der Waals surface area (Å²) in [6, 6.07) is 58.7. The molecule has 0 saturated carbocycles. The maximum absolute atomic E-state index is 13.0. The van der Waals surface area contributed by atoms with Gasteiger partial charge in [-0.3, -0.25) is 59.6 Å². The molecule has 0 unspecified atom stereocenters.